The van der Waals surface area contributed by atoms with Gasteiger partial charge in [-0.25, -0.2) is 0 Å². The van der Waals surface area contributed by atoms with Gasteiger partial charge in [-0.2, -0.15) is 0 Å². The number of benzene rings is 1. The first-order valence-electron chi connectivity index (χ1n) is 4.02. The molecule has 0 aliphatic carbocycles. The topological polar surface area (TPSA) is 77.2 Å². The fraction of sp³-hybridized carbons (Fsp3) is 0.100. The largest absolute Gasteiger partial charge is 0.324 e. The van der Waals surface area contributed by atoms with Gasteiger partial charge in [0, 0.05) is 11.1 Å². The first-order valence-corrected chi connectivity index (χ1v) is 4.02. The molecule has 2 N–H and O–H groups in total. The van der Waals surface area contributed by atoms with Gasteiger partial charge in [0.2, 0.25) is 5.78 Å². The number of aldehydes is 1. The summed E-state index contributed by atoms with van der Waals surface area (Å²) in [6.07, 6.45) is 0.236. The number of carbonyl (C=O) groups excluding carboxylic acids is 3. The lowest BCUT2D eigenvalue weighted by Gasteiger charge is -1.98. The van der Waals surface area contributed by atoms with Gasteiger partial charge in [-0.05, 0) is 0 Å². The molecule has 4 heteroatoms. The summed E-state index contributed by atoms with van der Waals surface area (Å²) < 4.78 is 0. The predicted molar refractivity (Wildman–Crippen MR) is 50.2 cm³/mol. The quantitative estimate of drug-likeness (QED) is 0.419. The molecule has 1 aromatic carbocycles. The molecule has 1 aromatic rings. The predicted octanol–water partition coefficient (Wildman–Crippen LogP) is 0.210. The normalized spacial score (nSPS) is 9.50. The van der Waals surface area contributed by atoms with Crippen molar-refractivity contribution in [3.8, 4) is 0 Å². The Morgan fingerprint density at radius 2 is 1.64 bits per heavy atom. The van der Waals surface area contributed by atoms with Crippen molar-refractivity contribution in [2.45, 2.75) is 0 Å². The zero-order valence-corrected chi connectivity index (χ0v) is 7.40. The molecule has 0 saturated carbocycles. The van der Waals surface area contributed by atoms with E-state index in [1.54, 1.807) is 0 Å². The van der Waals surface area contributed by atoms with Crippen molar-refractivity contribution < 1.29 is 14.4 Å². The van der Waals surface area contributed by atoms with Crippen LogP contribution in [0.2, 0.25) is 0 Å². The molecule has 0 aromatic heterocycles. The van der Waals surface area contributed by atoms with E-state index in [1.165, 1.54) is 24.3 Å². The summed E-state index contributed by atoms with van der Waals surface area (Å²) in [4.78, 5) is 32.1. The van der Waals surface area contributed by atoms with Crippen molar-refractivity contribution in [3.05, 3.63) is 35.4 Å². The molecule has 4 nitrogen and oxygen atoms in total. The summed E-state index contributed by atoms with van der Waals surface area (Å²) in [6.45, 7) is -0.0685. The van der Waals surface area contributed by atoms with Gasteiger partial charge >= 0.3 is 0 Å². The molecule has 72 valence electrons. The molecular formula is C10H9NO3. The van der Waals surface area contributed by atoms with Gasteiger partial charge in [0.05, 0.1) is 6.54 Å². The summed E-state index contributed by atoms with van der Waals surface area (Å²) >= 11 is 0. The van der Waals surface area contributed by atoms with Gasteiger partial charge in [-0.1, -0.05) is 24.3 Å². The van der Waals surface area contributed by atoms with E-state index in [4.69, 9.17) is 5.73 Å². The Balaban J connectivity index is 2.94. The third kappa shape index (κ3) is 2.11. The molecule has 0 heterocycles. The fourth-order valence-electron chi connectivity index (χ4n) is 1.01. The average Bonchev–Trinajstić information content (AvgIpc) is 2.27. The van der Waals surface area contributed by atoms with Gasteiger partial charge < -0.3 is 5.73 Å². The van der Waals surface area contributed by atoms with Crippen molar-refractivity contribution in [1.82, 2.24) is 0 Å². The molecule has 0 atom stereocenters. The zero-order valence-electron chi connectivity index (χ0n) is 7.40. The first-order chi connectivity index (χ1) is 6.69. The highest BCUT2D eigenvalue weighted by Gasteiger charge is 2.06. The van der Waals surface area contributed by atoms with E-state index in [2.05, 4.69) is 0 Å². The van der Waals surface area contributed by atoms with Gasteiger partial charge in [0.1, 0.15) is 0 Å². The highest BCUT2D eigenvalue weighted by Crippen LogP contribution is 2.04. The molecule has 0 radical (unpaired) electrons. The van der Waals surface area contributed by atoms with Crippen LogP contribution in [0.3, 0.4) is 0 Å². The summed E-state index contributed by atoms with van der Waals surface area (Å²) in [5.74, 6) is -0.799. The average molecular weight is 191 g/mol. The molecule has 0 spiro atoms. The third-order valence-corrected chi connectivity index (χ3v) is 1.78. The minimum atomic E-state index is -0.600. The Morgan fingerprint density at radius 3 is 2.07 bits per heavy atom. The standard InChI is InChI=1S/C10H9NO3/c11-5-9(13)7-1-3-8(4-2-7)10(14)6-12/h1-4,6H,5,11H2. The van der Waals surface area contributed by atoms with Crippen LogP contribution in [-0.2, 0) is 4.79 Å². The highest BCUT2D eigenvalue weighted by molar-refractivity contribution is 6.33. The zero-order chi connectivity index (χ0) is 10.6. The fourth-order valence-corrected chi connectivity index (χ4v) is 1.01. The van der Waals surface area contributed by atoms with E-state index in [1.807, 2.05) is 0 Å². The van der Waals surface area contributed by atoms with Crippen molar-refractivity contribution in [1.29, 1.82) is 0 Å². The molecule has 14 heavy (non-hydrogen) atoms. The molecule has 0 bridgehead atoms. The number of ketones is 2. The van der Waals surface area contributed by atoms with Crippen molar-refractivity contribution in [3.63, 3.8) is 0 Å². The minimum absolute atomic E-state index is 0.0685. The number of hydrogen-bond acceptors (Lipinski definition) is 4. The van der Waals surface area contributed by atoms with Crippen LogP contribution in [-0.4, -0.2) is 24.4 Å². The monoisotopic (exact) mass is 191 g/mol. The molecule has 0 aliphatic rings. The molecule has 0 amide bonds. The first kappa shape index (κ1) is 10.3. The number of carbonyl (C=O) groups is 3. The van der Waals surface area contributed by atoms with Gasteiger partial charge in [-0.3, -0.25) is 14.4 Å². The maximum absolute atomic E-state index is 11.1. The molecule has 0 aliphatic heterocycles. The van der Waals surface area contributed by atoms with Gasteiger partial charge in [-0.15, -0.1) is 0 Å². The maximum atomic E-state index is 11.1. The van der Waals surface area contributed by atoms with Crippen LogP contribution in [0.1, 0.15) is 20.7 Å². The van der Waals surface area contributed by atoms with Crippen LogP contribution in [0.4, 0.5) is 0 Å². The van der Waals surface area contributed by atoms with Crippen LogP contribution in [0.15, 0.2) is 24.3 Å². The lowest BCUT2D eigenvalue weighted by atomic mass is 10.1. The second kappa shape index (κ2) is 4.43. The third-order valence-electron chi connectivity index (χ3n) is 1.78. The van der Waals surface area contributed by atoms with E-state index >= 15 is 0 Å². The van der Waals surface area contributed by atoms with Crippen LogP contribution in [0.25, 0.3) is 0 Å². The molecule has 0 fully saturated rings. The van der Waals surface area contributed by atoms with Gasteiger partial charge in [0.25, 0.3) is 0 Å². The van der Waals surface area contributed by atoms with E-state index in [-0.39, 0.29) is 24.2 Å². The van der Waals surface area contributed by atoms with E-state index in [0.29, 0.717) is 5.56 Å². The Morgan fingerprint density at radius 1 is 1.14 bits per heavy atom. The smallest absolute Gasteiger partial charge is 0.225 e. The Hall–Kier alpha value is -1.81. The summed E-state index contributed by atoms with van der Waals surface area (Å²) in [5.41, 5.74) is 5.87. The van der Waals surface area contributed by atoms with Gasteiger partial charge in [0.15, 0.2) is 12.1 Å². The van der Waals surface area contributed by atoms with E-state index < -0.39 is 5.78 Å². The maximum Gasteiger partial charge on any atom is 0.225 e. The van der Waals surface area contributed by atoms with E-state index in [0.717, 1.165) is 0 Å². The second-order valence-electron chi connectivity index (χ2n) is 2.69. The number of rotatable bonds is 4. The number of Topliss-reactive ketones (excluding diaryl/α,β-unsaturated/α-hetero) is 2. The molecule has 0 saturated heterocycles. The summed E-state index contributed by atoms with van der Waals surface area (Å²) in [6, 6.07) is 5.82. The highest BCUT2D eigenvalue weighted by atomic mass is 16.2. The van der Waals surface area contributed by atoms with Crippen molar-refractivity contribution >= 4 is 17.9 Å². The SMILES string of the molecule is NCC(=O)c1ccc(C(=O)C=O)cc1. The molecule has 0 unspecified atom stereocenters. The number of nitrogens with two attached hydrogens (primary N) is 1. The van der Waals surface area contributed by atoms with Crippen LogP contribution in [0, 0.1) is 0 Å². The summed E-state index contributed by atoms with van der Waals surface area (Å²) in [5, 5.41) is 0. The molecule has 1 rings (SSSR count). The van der Waals surface area contributed by atoms with Crippen LogP contribution >= 0.6 is 0 Å². The second-order valence-corrected chi connectivity index (χ2v) is 2.69. The Labute approximate surface area is 80.7 Å². The van der Waals surface area contributed by atoms with Crippen molar-refractivity contribution in [2.75, 3.05) is 6.54 Å². The Kier molecular flexibility index (Phi) is 3.25. The Bertz CT molecular complexity index is 367. The van der Waals surface area contributed by atoms with Crippen LogP contribution < -0.4 is 5.73 Å². The lowest BCUT2D eigenvalue weighted by molar-refractivity contribution is -0.104. The van der Waals surface area contributed by atoms with Crippen molar-refractivity contribution in [2.24, 2.45) is 5.73 Å². The minimum Gasteiger partial charge on any atom is -0.324 e. The van der Waals surface area contributed by atoms with Crippen LogP contribution in [0.5, 0.6) is 0 Å². The summed E-state index contributed by atoms with van der Waals surface area (Å²) in [7, 11) is 0. The number of hydrogen-bond donors (Lipinski definition) is 1. The lowest BCUT2D eigenvalue weighted by Crippen LogP contribution is -2.13. The van der Waals surface area contributed by atoms with E-state index in [9.17, 15) is 14.4 Å². The molecular weight excluding hydrogens is 182 g/mol.